The van der Waals surface area contributed by atoms with Crippen molar-refractivity contribution in [1.82, 2.24) is 10.3 Å². The van der Waals surface area contributed by atoms with Gasteiger partial charge in [-0.1, -0.05) is 18.5 Å². The molecule has 2 nitrogen and oxygen atoms in total. The lowest BCUT2D eigenvalue weighted by molar-refractivity contribution is 0.524. The Morgan fingerprint density at radius 3 is 2.61 bits per heavy atom. The summed E-state index contributed by atoms with van der Waals surface area (Å²) in [4.78, 5) is 5.38. The van der Waals surface area contributed by atoms with Gasteiger partial charge in [-0.05, 0) is 49.2 Å². The molecule has 1 atom stereocenters. The van der Waals surface area contributed by atoms with Gasteiger partial charge in [0.2, 0.25) is 0 Å². The second-order valence-corrected chi connectivity index (χ2v) is 6.02. The Hall–Kier alpha value is -0.900. The molecule has 1 unspecified atom stereocenters. The number of hydrogen-bond acceptors (Lipinski definition) is 3. The van der Waals surface area contributed by atoms with Crippen molar-refractivity contribution in [3.63, 3.8) is 0 Å². The van der Waals surface area contributed by atoms with Crippen molar-refractivity contribution in [1.29, 1.82) is 0 Å². The van der Waals surface area contributed by atoms with Crippen molar-refractivity contribution in [3.05, 3.63) is 51.4 Å². The summed E-state index contributed by atoms with van der Waals surface area (Å²) in [5.74, 6) is 0. The number of likely N-dealkylation sites (N-methyl/N-ethyl adjacent to an activating group) is 1. The molecule has 4 heteroatoms. The number of rotatable bonds is 6. The number of nitrogens with zero attached hydrogens (tertiary/aromatic N) is 1. The van der Waals surface area contributed by atoms with Gasteiger partial charge in [-0.25, -0.2) is 0 Å². The lowest BCUT2D eigenvalue weighted by Crippen LogP contribution is -2.32. The molecule has 0 saturated heterocycles. The van der Waals surface area contributed by atoms with E-state index in [0.717, 1.165) is 23.7 Å². The maximum absolute atomic E-state index is 5.97. The molecule has 2 aromatic heterocycles. The zero-order chi connectivity index (χ0) is 12.8. The van der Waals surface area contributed by atoms with E-state index in [1.165, 1.54) is 10.4 Å². The van der Waals surface area contributed by atoms with Gasteiger partial charge in [-0.3, -0.25) is 4.98 Å². The van der Waals surface area contributed by atoms with Crippen LogP contribution in [0, 0.1) is 0 Å². The van der Waals surface area contributed by atoms with E-state index in [1.807, 2.05) is 18.5 Å². The van der Waals surface area contributed by atoms with Crippen LogP contribution >= 0.6 is 22.9 Å². The minimum atomic E-state index is 0.451. The first-order valence-corrected chi connectivity index (χ1v) is 7.34. The molecule has 2 rings (SSSR count). The third-order valence-corrected chi connectivity index (χ3v) is 4.05. The standard InChI is InChI=1S/C14H17ClN2S/c1-2-17-12(9-11-5-7-16-8-6-11)10-13-3-4-14(15)18-13/h3-8,12,17H,2,9-10H2,1H3. The number of nitrogens with one attached hydrogen (secondary N) is 1. The molecule has 0 radical (unpaired) electrons. The molecule has 96 valence electrons. The molecular weight excluding hydrogens is 264 g/mol. The predicted molar refractivity (Wildman–Crippen MR) is 78.4 cm³/mol. The zero-order valence-electron chi connectivity index (χ0n) is 10.4. The second kappa shape index (κ2) is 6.88. The van der Waals surface area contributed by atoms with Crippen LogP contribution in [0.2, 0.25) is 4.34 Å². The molecule has 18 heavy (non-hydrogen) atoms. The van der Waals surface area contributed by atoms with E-state index in [-0.39, 0.29) is 0 Å². The zero-order valence-corrected chi connectivity index (χ0v) is 12.0. The summed E-state index contributed by atoms with van der Waals surface area (Å²) in [5.41, 5.74) is 1.32. The van der Waals surface area contributed by atoms with Crippen LogP contribution in [0.15, 0.2) is 36.7 Å². The molecule has 0 spiro atoms. The summed E-state index contributed by atoms with van der Waals surface area (Å²) in [5, 5.41) is 3.53. The number of aromatic nitrogens is 1. The van der Waals surface area contributed by atoms with Crippen LogP contribution in [0.5, 0.6) is 0 Å². The fraction of sp³-hybridized carbons (Fsp3) is 0.357. The van der Waals surface area contributed by atoms with Gasteiger partial charge in [0.1, 0.15) is 0 Å². The first-order chi connectivity index (χ1) is 8.78. The van der Waals surface area contributed by atoms with E-state index < -0.39 is 0 Å². The van der Waals surface area contributed by atoms with E-state index in [9.17, 15) is 0 Å². The maximum atomic E-state index is 5.97. The van der Waals surface area contributed by atoms with E-state index in [4.69, 9.17) is 11.6 Å². The largest absolute Gasteiger partial charge is 0.314 e. The summed E-state index contributed by atoms with van der Waals surface area (Å²) < 4.78 is 0.865. The number of pyridine rings is 1. The maximum Gasteiger partial charge on any atom is 0.0931 e. The molecule has 0 bridgehead atoms. The Balaban J connectivity index is 1.99. The first kappa shape index (κ1) is 13.5. The van der Waals surface area contributed by atoms with Crippen LogP contribution in [0.4, 0.5) is 0 Å². The average Bonchev–Trinajstić information content (AvgIpc) is 2.76. The van der Waals surface area contributed by atoms with Crippen LogP contribution in [-0.4, -0.2) is 17.6 Å². The van der Waals surface area contributed by atoms with Crippen LogP contribution in [-0.2, 0) is 12.8 Å². The molecule has 0 amide bonds. The Bertz CT molecular complexity index is 470. The predicted octanol–water partition coefficient (Wildman–Crippen LogP) is 3.56. The third kappa shape index (κ3) is 4.09. The SMILES string of the molecule is CCNC(Cc1ccncc1)Cc1ccc(Cl)s1. The second-order valence-electron chi connectivity index (χ2n) is 4.22. The van der Waals surface area contributed by atoms with Crippen molar-refractivity contribution < 1.29 is 0 Å². The monoisotopic (exact) mass is 280 g/mol. The van der Waals surface area contributed by atoms with E-state index in [1.54, 1.807) is 11.3 Å². The third-order valence-electron chi connectivity index (χ3n) is 2.80. The summed E-state index contributed by atoms with van der Waals surface area (Å²) >= 11 is 7.64. The van der Waals surface area contributed by atoms with Crippen molar-refractivity contribution in [2.45, 2.75) is 25.8 Å². The Morgan fingerprint density at radius 2 is 2.00 bits per heavy atom. The molecule has 0 saturated carbocycles. The molecule has 0 aliphatic heterocycles. The van der Waals surface area contributed by atoms with Gasteiger partial charge in [0, 0.05) is 23.3 Å². The van der Waals surface area contributed by atoms with Gasteiger partial charge in [-0.15, -0.1) is 11.3 Å². The molecule has 2 heterocycles. The highest BCUT2D eigenvalue weighted by Crippen LogP contribution is 2.23. The molecule has 0 aliphatic rings. The molecule has 0 aromatic carbocycles. The lowest BCUT2D eigenvalue weighted by Gasteiger charge is -2.17. The van der Waals surface area contributed by atoms with Crippen molar-refractivity contribution in [2.24, 2.45) is 0 Å². The summed E-state index contributed by atoms with van der Waals surface area (Å²) in [7, 11) is 0. The number of thiophene rings is 1. The number of halogens is 1. The van der Waals surface area contributed by atoms with Gasteiger partial charge in [0.15, 0.2) is 0 Å². The quantitative estimate of drug-likeness (QED) is 0.875. The smallest absolute Gasteiger partial charge is 0.0931 e. The molecule has 1 N–H and O–H groups in total. The van der Waals surface area contributed by atoms with E-state index in [2.05, 4.69) is 35.4 Å². The topological polar surface area (TPSA) is 24.9 Å². The average molecular weight is 281 g/mol. The van der Waals surface area contributed by atoms with Crippen molar-refractivity contribution >= 4 is 22.9 Å². The number of hydrogen-bond donors (Lipinski definition) is 1. The van der Waals surface area contributed by atoms with Gasteiger partial charge in [-0.2, -0.15) is 0 Å². The van der Waals surface area contributed by atoms with Crippen LogP contribution in [0.1, 0.15) is 17.4 Å². The lowest BCUT2D eigenvalue weighted by atomic mass is 10.0. The van der Waals surface area contributed by atoms with Gasteiger partial charge < -0.3 is 5.32 Å². The van der Waals surface area contributed by atoms with Gasteiger partial charge in [0.25, 0.3) is 0 Å². The Morgan fingerprint density at radius 1 is 1.22 bits per heavy atom. The highest BCUT2D eigenvalue weighted by Gasteiger charge is 2.10. The van der Waals surface area contributed by atoms with Gasteiger partial charge >= 0.3 is 0 Å². The highest BCUT2D eigenvalue weighted by atomic mass is 35.5. The minimum Gasteiger partial charge on any atom is -0.314 e. The molecule has 2 aromatic rings. The Kier molecular flexibility index (Phi) is 5.17. The van der Waals surface area contributed by atoms with Crippen molar-refractivity contribution in [3.8, 4) is 0 Å². The minimum absolute atomic E-state index is 0.451. The Labute approximate surface area is 117 Å². The van der Waals surface area contributed by atoms with E-state index >= 15 is 0 Å². The first-order valence-electron chi connectivity index (χ1n) is 6.14. The van der Waals surface area contributed by atoms with Crippen LogP contribution in [0.25, 0.3) is 0 Å². The fourth-order valence-electron chi connectivity index (χ4n) is 2.01. The summed E-state index contributed by atoms with van der Waals surface area (Å²) in [6.07, 6.45) is 5.74. The molecule has 0 aliphatic carbocycles. The van der Waals surface area contributed by atoms with Gasteiger partial charge in [0.05, 0.1) is 4.34 Å². The highest BCUT2D eigenvalue weighted by molar-refractivity contribution is 7.16. The van der Waals surface area contributed by atoms with Crippen LogP contribution < -0.4 is 5.32 Å². The summed E-state index contributed by atoms with van der Waals surface area (Å²) in [6, 6.07) is 8.69. The van der Waals surface area contributed by atoms with Crippen molar-refractivity contribution in [2.75, 3.05) is 6.54 Å². The fourth-order valence-corrected chi connectivity index (χ4v) is 3.18. The summed E-state index contributed by atoms with van der Waals surface area (Å²) in [6.45, 7) is 3.12. The molecular formula is C14H17ClN2S. The normalized spacial score (nSPS) is 12.6. The molecule has 0 fully saturated rings. The van der Waals surface area contributed by atoms with E-state index in [0.29, 0.717) is 6.04 Å². The van der Waals surface area contributed by atoms with Crippen LogP contribution in [0.3, 0.4) is 0 Å².